The number of amides is 1. The molecule has 140 valence electrons. The number of aromatic hydroxyl groups is 1. The third-order valence-electron chi connectivity index (χ3n) is 3.72. The highest BCUT2D eigenvalue weighted by Gasteiger charge is 2.16. The van der Waals surface area contributed by atoms with E-state index in [4.69, 9.17) is 0 Å². The fourth-order valence-corrected chi connectivity index (χ4v) is 3.92. The monoisotopic (exact) mass is 464 g/mol. The molecule has 0 saturated heterocycles. The largest absolute Gasteiger partial charge is 0.507 e. The van der Waals surface area contributed by atoms with Crippen molar-refractivity contribution in [3.05, 3.63) is 46.9 Å². The second kappa shape index (κ2) is 8.81. The summed E-state index contributed by atoms with van der Waals surface area (Å²) in [6.07, 6.45) is 1.99. The van der Waals surface area contributed by atoms with E-state index < -0.39 is 0 Å². The van der Waals surface area contributed by atoms with Crippen molar-refractivity contribution in [1.82, 2.24) is 14.8 Å². The van der Waals surface area contributed by atoms with Crippen LogP contribution in [-0.2, 0) is 11.8 Å². The van der Waals surface area contributed by atoms with Gasteiger partial charge in [-0.25, -0.2) is 0 Å². The third-order valence-corrected chi connectivity index (χ3v) is 5.96. The van der Waals surface area contributed by atoms with Crippen LogP contribution >= 0.6 is 39.5 Å². The second-order valence-electron chi connectivity index (χ2n) is 5.60. The van der Waals surface area contributed by atoms with E-state index in [1.165, 1.54) is 11.8 Å². The lowest BCUT2D eigenvalue weighted by molar-refractivity contribution is -0.113. The Morgan fingerprint density at radius 1 is 1.26 bits per heavy atom. The van der Waals surface area contributed by atoms with Crippen molar-refractivity contribution < 1.29 is 9.90 Å². The van der Waals surface area contributed by atoms with Gasteiger partial charge in [-0.1, -0.05) is 33.8 Å². The first-order valence-electron chi connectivity index (χ1n) is 7.93. The van der Waals surface area contributed by atoms with E-state index in [0.717, 1.165) is 15.1 Å². The molecule has 3 aromatic rings. The number of rotatable bonds is 6. The minimum absolute atomic E-state index is 0.117. The fraction of sp³-hybridized carbons (Fsp3) is 0.167. The van der Waals surface area contributed by atoms with Crippen LogP contribution in [0.3, 0.4) is 0 Å². The maximum absolute atomic E-state index is 12.2. The number of carbonyl (C=O) groups is 1. The Hall–Kier alpha value is -1.97. The maximum atomic E-state index is 12.2. The van der Waals surface area contributed by atoms with Crippen LogP contribution in [0.15, 0.2) is 57.0 Å². The Morgan fingerprint density at radius 3 is 2.85 bits per heavy atom. The summed E-state index contributed by atoms with van der Waals surface area (Å²) in [4.78, 5) is 13.3. The van der Waals surface area contributed by atoms with Crippen molar-refractivity contribution in [3.8, 4) is 17.1 Å². The molecule has 2 aromatic carbocycles. The summed E-state index contributed by atoms with van der Waals surface area (Å²) < 4.78 is 2.59. The van der Waals surface area contributed by atoms with Gasteiger partial charge in [-0.3, -0.25) is 4.79 Å². The topological polar surface area (TPSA) is 80.0 Å². The zero-order valence-corrected chi connectivity index (χ0v) is 17.9. The lowest BCUT2D eigenvalue weighted by Gasteiger charge is -2.07. The van der Waals surface area contributed by atoms with E-state index in [1.54, 1.807) is 41.6 Å². The molecule has 27 heavy (non-hydrogen) atoms. The lowest BCUT2D eigenvalue weighted by Crippen LogP contribution is -2.14. The van der Waals surface area contributed by atoms with Crippen LogP contribution < -0.4 is 5.32 Å². The average molecular weight is 465 g/mol. The van der Waals surface area contributed by atoms with Crippen LogP contribution in [0.5, 0.6) is 5.75 Å². The Balaban J connectivity index is 1.67. The van der Waals surface area contributed by atoms with Gasteiger partial charge in [-0.2, -0.15) is 0 Å². The van der Waals surface area contributed by atoms with Gasteiger partial charge in [0.15, 0.2) is 11.0 Å². The van der Waals surface area contributed by atoms with E-state index in [0.29, 0.717) is 16.5 Å². The summed E-state index contributed by atoms with van der Waals surface area (Å²) >= 11 is 6.30. The Labute approximate surface area is 173 Å². The lowest BCUT2D eigenvalue weighted by atomic mass is 10.2. The molecule has 0 spiro atoms. The number of hydrogen-bond donors (Lipinski definition) is 2. The number of benzene rings is 2. The number of nitrogens with one attached hydrogen (secondary N) is 1. The standard InChI is InChI=1S/C18H17BrN4O2S2/c1-23-17(14-8-11(19)6-7-15(14)24)21-22-18(23)27-10-16(25)20-12-4-3-5-13(9-12)26-2/h3-9,24H,10H2,1-2H3,(H,20,25). The number of phenolic OH excluding ortho intramolecular Hbond substituents is 1. The van der Waals surface area contributed by atoms with Crippen LogP contribution in [0, 0.1) is 0 Å². The zero-order valence-electron chi connectivity index (χ0n) is 14.6. The van der Waals surface area contributed by atoms with Crippen molar-refractivity contribution in [2.75, 3.05) is 17.3 Å². The predicted octanol–water partition coefficient (Wildman–Crippen LogP) is 4.40. The summed E-state index contributed by atoms with van der Waals surface area (Å²) in [6, 6.07) is 12.8. The molecule has 0 saturated carbocycles. The molecule has 0 aliphatic heterocycles. The van der Waals surface area contributed by atoms with Gasteiger partial charge in [0.2, 0.25) is 5.91 Å². The number of halogens is 1. The molecule has 1 heterocycles. The van der Waals surface area contributed by atoms with E-state index in [9.17, 15) is 9.90 Å². The van der Waals surface area contributed by atoms with Crippen molar-refractivity contribution in [3.63, 3.8) is 0 Å². The number of aromatic nitrogens is 3. The number of hydrogen-bond acceptors (Lipinski definition) is 6. The van der Waals surface area contributed by atoms with Crippen LogP contribution in [0.1, 0.15) is 0 Å². The molecule has 0 bridgehead atoms. The summed E-state index contributed by atoms with van der Waals surface area (Å²) in [5, 5.41) is 21.8. The number of thioether (sulfide) groups is 2. The Morgan fingerprint density at radius 2 is 2.07 bits per heavy atom. The van der Waals surface area contributed by atoms with E-state index >= 15 is 0 Å². The Kier molecular flexibility index (Phi) is 6.46. The average Bonchev–Trinajstić information content (AvgIpc) is 3.02. The minimum Gasteiger partial charge on any atom is -0.507 e. The molecule has 1 amide bonds. The van der Waals surface area contributed by atoms with Crippen LogP contribution in [0.4, 0.5) is 5.69 Å². The summed E-state index contributed by atoms with van der Waals surface area (Å²) in [5.74, 6) is 0.745. The van der Waals surface area contributed by atoms with Gasteiger partial charge in [0.05, 0.1) is 11.3 Å². The summed E-state index contributed by atoms with van der Waals surface area (Å²) in [6.45, 7) is 0. The molecule has 0 aliphatic carbocycles. The molecule has 0 radical (unpaired) electrons. The fourth-order valence-electron chi connectivity index (χ4n) is 2.39. The molecule has 6 nitrogen and oxygen atoms in total. The molecule has 1 aromatic heterocycles. The molecule has 0 unspecified atom stereocenters. The minimum atomic E-state index is -0.117. The molecule has 0 atom stereocenters. The van der Waals surface area contributed by atoms with Gasteiger partial charge >= 0.3 is 0 Å². The normalized spacial score (nSPS) is 10.8. The van der Waals surface area contributed by atoms with E-state index in [2.05, 4.69) is 31.4 Å². The maximum Gasteiger partial charge on any atom is 0.234 e. The van der Waals surface area contributed by atoms with Crippen molar-refractivity contribution in [2.24, 2.45) is 7.05 Å². The van der Waals surface area contributed by atoms with E-state index in [-0.39, 0.29) is 17.4 Å². The van der Waals surface area contributed by atoms with Crippen LogP contribution in [-0.4, -0.2) is 37.8 Å². The Bertz CT molecular complexity index is 978. The molecular weight excluding hydrogens is 448 g/mol. The number of anilines is 1. The SMILES string of the molecule is CSc1cccc(NC(=O)CSc2nnc(-c3cc(Br)ccc3O)n2C)c1. The quantitative estimate of drug-likeness (QED) is 0.526. The first-order chi connectivity index (χ1) is 13.0. The smallest absolute Gasteiger partial charge is 0.234 e. The summed E-state index contributed by atoms with van der Waals surface area (Å²) in [7, 11) is 1.80. The van der Waals surface area contributed by atoms with Crippen molar-refractivity contribution >= 4 is 51.0 Å². The number of carbonyl (C=O) groups excluding carboxylic acids is 1. The van der Waals surface area contributed by atoms with Gasteiger partial charge in [0, 0.05) is 22.1 Å². The van der Waals surface area contributed by atoms with Gasteiger partial charge < -0.3 is 15.0 Å². The van der Waals surface area contributed by atoms with Gasteiger partial charge in [-0.15, -0.1) is 22.0 Å². The molecular formula is C18H17BrN4O2S2. The van der Waals surface area contributed by atoms with Crippen molar-refractivity contribution in [1.29, 1.82) is 0 Å². The number of nitrogens with zero attached hydrogens (tertiary/aromatic N) is 3. The molecule has 2 N–H and O–H groups in total. The molecule has 0 fully saturated rings. The third kappa shape index (κ3) is 4.85. The van der Waals surface area contributed by atoms with Gasteiger partial charge in [0.25, 0.3) is 0 Å². The first kappa shape index (κ1) is 19.8. The highest BCUT2D eigenvalue weighted by molar-refractivity contribution is 9.10. The summed E-state index contributed by atoms with van der Waals surface area (Å²) in [5.41, 5.74) is 1.34. The molecule has 0 aliphatic rings. The van der Waals surface area contributed by atoms with E-state index in [1.807, 2.05) is 30.5 Å². The van der Waals surface area contributed by atoms with Gasteiger partial charge in [0.1, 0.15) is 5.75 Å². The van der Waals surface area contributed by atoms with Crippen molar-refractivity contribution in [2.45, 2.75) is 10.1 Å². The number of phenols is 1. The predicted molar refractivity (Wildman–Crippen MR) is 113 cm³/mol. The zero-order chi connectivity index (χ0) is 19.4. The van der Waals surface area contributed by atoms with Gasteiger partial charge in [-0.05, 0) is 42.7 Å². The van der Waals surface area contributed by atoms with Crippen LogP contribution in [0.25, 0.3) is 11.4 Å². The molecule has 3 rings (SSSR count). The molecule has 9 heteroatoms. The highest BCUT2D eigenvalue weighted by Crippen LogP contribution is 2.32. The second-order valence-corrected chi connectivity index (χ2v) is 8.33. The first-order valence-corrected chi connectivity index (χ1v) is 10.9. The van der Waals surface area contributed by atoms with Crippen LogP contribution in [0.2, 0.25) is 0 Å². The highest BCUT2D eigenvalue weighted by atomic mass is 79.9.